The summed E-state index contributed by atoms with van der Waals surface area (Å²) in [6, 6.07) is 6.90. The Morgan fingerprint density at radius 2 is 1.84 bits per heavy atom. The summed E-state index contributed by atoms with van der Waals surface area (Å²) in [5.41, 5.74) is 6.37. The van der Waals surface area contributed by atoms with Gasteiger partial charge in [0.05, 0.1) is 5.54 Å². The quantitative estimate of drug-likeness (QED) is 0.671. The zero-order valence-corrected chi connectivity index (χ0v) is 15.3. The van der Waals surface area contributed by atoms with Gasteiger partial charge in [-0.1, -0.05) is 13.3 Å². The molecule has 0 bridgehead atoms. The fourth-order valence-electron chi connectivity index (χ4n) is 3.05. The summed E-state index contributed by atoms with van der Waals surface area (Å²) in [4.78, 5) is 26.7. The lowest BCUT2D eigenvalue weighted by Gasteiger charge is -2.22. The van der Waals surface area contributed by atoms with Crippen molar-refractivity contribution in [3.63, 3.8) is 0 Å². The van der Waals surface area contributed by atoms with Crippen molar-refractivity contribution in [2.75, 3.05) is 31.5 Å². The lowest BCUT2D eigenvalue weighted by Crippen LogP contribution is -2.48. The topological polar surface area (TPSA) is 87.5 Å². The maximum Gasteiger partial charge on any atom is 0.251 e. The molecule has 0 saturated carbocycles. The van der Waals surface area contributed by atoms with Crippen LogP contribution in [0.15, 0.2) is 24.3 Å². The zero-order chi connectivity index (χ0) is 18.3. The Labute approximate surface area is 150 Å². The number of benzene rings is 1. The summed E-state index contributed by atoms with van der Waals surface area (Å²) in [6.45, 7) is 7.53. The van der Waals surface area contributed by atoms with E-state index in [2.05, 4.69) is 15.5 Å². The fraction of sp³-hybridized carbons (Fsp3) is 0.579. The summed E-state index contributed by atoms with van der Waals surface area (Å²) in [7, 11) is 0. The minimum atomic E-state index is -0.889. The summed E-state index contributed by atoms with van der Waals surface area (Å²) in [6.07, 6.45) is 3.97. The molecule has 25 heavy (non-hydrogen) atoms. The van der Waals surface area contributed by atoms with Crippen LogP contribution in [0.4, 0.5) is 5.69 Å². The first-order valence-corrected chi connectivity index (χ1v) is 9.13. The summed E-state index contributed by atoms with van der Waals surface area (Å²) in [5, 5.41) is 5.75. The van der Waals surface area contributed by atoms with Gasteiger partial charge < -0.3 is 21.3 Å². The van der Waals surface area contributed by atoms with Gasteiger partial charge in [-0.3, -0.25) is 9.59 Å². The first-order chi connectivity index (χ1) is 11.9. The number of hydrogen-bond donors (Lipinski definition) is 3. The first kappa shape index (κ1) is 19.4. The molecule has 0 spiro atoms. The van der Waals surface area contributed by atoms with Gasteiger partial charge in [0.2, 0.25) is 5.91 Å². The van der Waals surface area contributed by atoms with Gasteiger partial charge in [0.1, 0.15) is 0 Å². The van der Waals surface area contributed by atoms with E-state index in [1.165, 1.54) is 12.8 Å². The van der Waals surface area contributed by atoms with Crippen LogP contribution >= 0.6 is 0 Å². The molecule has 0 radical (unpaired) electrons. The average Bonchev–Trinajstić information content (AvgIpc) is 3.08. The van der Waals surface area contributed by atoms with E-state index in [-0.39, 0.29) is 11.8 Å². The molecule has 2 rings (SSSR count). The van der Waals surface area contributed by atoms with Crippen molar-refractivity contribution >= 4 is 17.5 Å². The molecule has 2 amide bonds. The average molecular weight is 346 g/mol. The maximum absolute atomic E-state index is 12.2. The van der Waals surface area contributed by atoms with E-state index in [1.807, 2.05) is 6.92 Å². The number of anilines is 1. The Morgan fingerprint density at radius 3 is 2.44 bits per heavy atom. The molecule has 6 heteroatoms. The Hall–Kier alpha value is -1.92. The molecule has 138 valence electrons. The second kappa shape index (κ2) is 8.97. The number of carbonyl (C=O) groups excluding carboxylic acids is 2. The molecule has 1 saturated heterocycles. The molecule has 1 fully saturated rings. The molecule has 6 nitrogen and oxygen atoms in total. The van der Waals surface area contributed by atoms with E-state index >= 15 is 0 Å². The van der Waals surface area contributed by atoms with Gasteiger partial charge in [-0.05, 0) is 63.5 Å². The molecule has 1 aromatic carbocycles. The third-order valence-corrected chi connectivity index (χ3v) is 4.61. The molecular formula is C19H30N4O2. The first-order valence-electron chi connectivity index (χ1n) is 9.13. The van der Waals surface area contributed by atoms with Crippen molar-refractivity contribution in [1.29, 1.82) is 0 Å². The van der Waals surface area contributed by atoms with Crippen molar-refractivity contribution in [2.45, 2.75) is 45.1 Å². The lowest BCUT2D eigenvalue weighted by atomic mass is 9.96. The van der Waals surface area contributed by atoms with Crippen LogP contribution in [0.1, 0.15) is 49.9 Å². The number of nitrogens with two attached hydrogens (primary N) is 1. The standard InChI is InChI=1S/C19H30N4O2/c1-3-10-19(2,20)18(25)22-16-8-6-15(7-9-16)17(24)21-11-14-23-12-4-5-13-23/h6-9H,3-5,10-14,20H2,1-2H3,(H,21,24)(H,22,25). The normalized spacial score (nSPS) is 17.1. The highest BCUT2D eigenvalue weighted by molar-refractivity contribution is 5.98. The van der Waals surface area contributed by atoms with Crippen LogP contribution in [0.25, 0.3) is 0 Å². The molecule has 4 N–H and O–H groups in total. The van der Waals surface area contributed by atoms with Crippen LogP contribution < -0.4 is 16.4 Å². The van der Waals surface area contributed by atoms with Crippen LogP contribution in [-0.2, 0) is 4.79 Å². The second-order valence-electron chi connectivity index (χ2n) is 7.00. The van der Waals surface area contributed by atoms with Gasteiger partial charge in [-0.15, -0.1) is 0 Å². The number of rotatable bonds is 8. The second-order valence-corrected chi connectivity index (χ2v) is 7.00. The molecule has 1 heterocycles. The van der Waals surface area contributed by atoms with Crippen LogP contribution in [0.5, 0.6) is 0 Å². The Bertz CT molecular complexity index is 578. The van der Waals surface area contributed by atoms with E-state index < -0.39 is 5.54 Å². The number of nitrogens with one attached hydrogen (secondary N) is 2. The molecule has 0 aromatic heterocycles. The van der Waals surface area contributed by atoms with Crippen LogP contribution in [0.3, 0.4) is 0 Å². The number of carbonyl (C=O) groups is 2. The number of likely N-dealkylation sites (tertiary alicyclic amines) is 1. The summed E-state index contributed by atoms with van der Waals surface area (Å²) in [5.74, 6) is -0.302. The van der Waals surface area contributed by atoms with Crippen molar-refractivity contribution in [3.05, 3.63) is 29.8 Å². The predicted octanol–water partition coefficient (Wildman–Crippen LogP) is 1.97. The highest BCUT2D eigenvalue weighted by Crippen LogP contribution is 2.15. The number of hydrogen-bond acceptors (Lipinski definition) is 4. The summed E-state index contributed by atoms with van der Waals surface area (Å²) < 4.78 is 0. The molecule has 1 aromatic rings. The third-order valence-electron chi connectivity index (χ3n) is 4.61. The van der Waals surface area contributed by atoms with Gasteiger partial charge in [-0.2, -0.15) is 0 Å². The summed E-state index contributed by atoms with van der Waals surface area (Å²) >= 11 is 0. The minimum Gasteiger partial charge on any atom is -0.351 e. The van der Waals surface area contributed by atoms with E-state index in [0.29, 0.717) is 24.2 Å². The Morgan fingerprint density at radius 1 is 1.20 bits per heavy atom. The van der Waals surface area contributed by atoms with E-state index in [9.17, 15) is 9.59 Å². The largest absolute Gasteiger partial charge is 0.351 e. The maximum atomic E-state index is 12.2. The van der Waals surface area contributed by atoms with Crippen molar-refractivity contribution in [3.8, 4) is 0 Å². The van der Waals surface area contributed by atoms with Crippen LogP contribution in [0, 0.1) is 0 Å². The highest BCUT2D eigenvalue weighted by atomic mass is 16.2. The third kappa shape index (κ3) is 5.83. The van der Waals surface area contributed by atoms with Crippen LogP contribution in [0.2, 0.25) is 0 Å². The molecule has 1 aliphatic rings. The van der Waals surface area contributed by atoms with Crippen molar-refractivity contribution in [2.24, 2.45) is 5.73 Å². The van der Waals surface area contributed by atoms with E-state index in [4.69, 9.17) is 5.73 Å². The van der Waals surface area contributed by atoms with Gasteiger partial charge in [0, 0.05) is 24.3 Å². The molecule has 1 aliphatic heterocycles. The van der Waals surface area contributed by atoms with E-state index in [1.54, 1.807) is 31.2 Å². The predicted molar refractivity (Wildman–Crippen MR) is 101 cm³/mol. The molecular weight excluding hydrogens is 316 g/mol. The van der Waals surface area contributed by atoms with Gasteiger partial charge in [-0.25, -0.2) is 0 Å². The van der Waals surface area contributed by atoms with Gasteiger partial charge >= 0.3 is 0 Å². The van der Waals surface area contributed by atoms with Gasteiger partial charge in [0.15, 0.2) is 0 Å². The Kier molecular flexibility index (Phi) is 6.96. The fourth-order valence-corrected chi connectivity index (χ4v) is 3.05. The molecule has 1 atom stereocenters. The monoisotopic (exact) mass is 346 g/mol. The SMILES string of the molecule is CCCC(C)(N)C(=O)Nc1ccc(C(=O)NCCN2CCCC2)cc1. The van der Waals surface area contributed by atoms with Crippen molar-refractivity contribution < 1.29 is 9.59 Å². The van der Waals surface area contributed by atoms with Crippen LogP contribution in [-0.4, -0.2) is 48.4 Å². The van der Waals surface area contributed by atoms with E-state index in [0.717, 1.165) is 26.1 Å². The number of nitrogens with zero attached hydrogens (tertiary/aromatic N) is 1. The molecule has 0 aliphatic carbocycles. The Balaban J connectivity index is 1.82. The van der Waals surface area contributed by atoms with Gasteiger partial charge in [0.25, 0.3) is 5.91 Å². The zero-order valence-electron chi connectivity index (χ0n) is 15.3. The smallest absolute Gasteiger partial charge is 0.251 e. The van der Waals surface area contributed by atoms with Crippen molar-refractivity contribution in [1.82, 2.24) is 10.2 Å². The molecule has 1 unspecified atom stereocenters. The lowest BCUT2D eigenvalue weighted by molar-refractivity contribution is -0.120. The number of amides is 2. The minimum absolute atomic E-state index is 0.0910. The highest BCUT2D eigenvalue weighted by Gasteiger charge is 2.27.